The van der Waals surface area contributed by atoms with Gasteiger partial charge in [-0.1, -0.05) is 18.2 Å². The van der Waals surface area contributed by atoms with E-state index in [4.69, 9.17) is 0 Å². The average Bonchev–Trinajstić information content (AvgIpc) is 2.56. The molecule has 0 bridgehead atoms. The second-order valence-corrected chi connectivity index (χ2v) is 4.82. The molecule has 0 spiro atoms. The van der Waals surface area contributed by atoms with E-state index in [0.717, 1.165) is 6.07 Å². The van der Waals surface area contributed by atoms with Crippen LogP contribution in [0.4, 0.5) is 8.78 Å². The molecule has 1 aromatic carbocycles. The van der Waals surface area contributed by atoms with E-state index in [0.29, 0.717) is 37.9 Å². The van der Waals surface area contributed by atoms with Crippen LogP contribution in [0.25, 0.3) is 0 Å². The molecule has 1 heterocycles. The maximum Gasteiger partial charge on any atom is 0.222 e. The summed E-state index contributed by atoms with van der Waals surface area (Å²) in [6.45, 7) is 4.49. The summed E-state index contributed by atoms with van der Waals surface area (Å²) in [6.07, 6.45) is 3.51. The van der Waals surface area contributed by atoms with Gasteiger partial charge in [-0.25, -0.2) is 8.78 Å². The first-order valence-corrected chi connectivity index (χ1v) is 6.46. The van der Waals surface area contributed by atoms with Crippen LogP contribution in [-0.4, -0.2) is 23.9 Å². The minimum absolute atomic E-state index is 0.0548. The summed E-state index contributed by atoms with van der Waals surface area (Å²) in [7, 11) is 0. The lowest BCUT2D eigenvalue weighted by atomic mass is 9.93. The lowest BCUT2D eigenvalue weighted by Gasteiger charge is -2.24. The molecule has 4 heteroatoms. The van der Waals surface area contributed by atoms with Gasteiger partial charge < -0.3 is 4.90 Å². The summed E-state index contributed by atoms with van der Waals surface area (Å²) in [4.78, 5) is 13.5. The molecule has 1 amide bonds. The van der Waals surface area contributed by atoms with Crippen molar-refractivity contribution in [3.05, 3.63) is 48.1 Å². The van der Waals surface area contributed by atoms with Gasteiger partial charge in [0, 0.05) is 25.4 Å². The van der Waals surface area contributed by atoms with Crippen molar-refractivity contribution in [3.8, 4) is 0 Å². The predicted octanol–water partition coefficient (Wildman–Crippen LogP) is 3.25. The van der Waals surface area contributed by atoms with Crippen LogP contribution in [0.5, 0.6) is 0 Å². The van der Waals surface area contributed by atoms with Gasteiger partial charge in [-0.3, -0.25) is 4.79 Å². The molecule has 2 rings (SSSR count). The van der Waals surface area contributed by atoms with Gasteiger partial charge in [0.05, 0.1) is 0 Å². The summed E-state index contributed by atoms with van der Waals surface area (Å²) < 4.78 is 27.1. The fourth-order valence-corrected chi connectivity index (χ4v) is 2.54. The zero-order chi connectivity index (χ0) is 13.8. The van der Waals surface area contributed by atoms with E-state index in [1.165, 1.54) is 6.07 Å². The number of hydrogen-bond donors (Lipinski definition) is 0. The number of nitrogens with zero attached hydrogens (tertiary/aromatic N) is 1. The van der Waals surface area contributed by atoms with Crippen LogP contribution in [-0.2, 0) is 4.79 Å². The van der Waals surface area contributed by atoms with Crippen LogP contribution in [0.2, 0.25) is 0 Å². The third kappa shape index (κ3) is 3.00. The van der Waals surface area contributed by atoms with Crippen LogP contribution in [0.15, 0.2) is 30.9 Å². The van der Waals surface area contributed by atoms with Crippen molar-refractivity contribution in [2.75, 3.05) is 13.1 Å². The minimum atomic E-state index is -0.830. The van der Waals surface area contributed by atoms with E-state index in [2.05, 4.69) is 6.58 Å². The van der Waals surface area contributed by atoms with Gasteiger partial charge in [-0.05, 0) is 24.5 Å². The smallest absolute Gasteiger partial charge is 0.222 e. The number of benzene rings is 1. The van der Waals surface area contributed by atoms with Crippen molar-refractivity contribution < 1.29 is 13.6 Å². The van der Waals surface area contributed by atoms with E-state index >= 15 is 0 Å². The standard InChI is InChI=1S/C15H17F2NO/c1-2-9-18-10-11(5-3-8-14(18)19)12-6-4-7-13(16)15(12)17/h2,4,6-7,11H,1,3,5,8-10H2. The fourth-order valence-electron chi connectivity index (χ4n) is 2.54. The van der Waals surface area contributed by atoms with E-state index in [1.807, 2.05) is 0 Å². The van der Waals surface area contributed by atoms with Crippen molar-refractivity contribution in [1.29, 1.82) is 0 Å². The largest absolute Gasteiger partial charge is 0.338 e. The van der Waals surface area contributed by atoms with Crippen LogP contribution < -0.4 is 0 Å². The molecule has 0 aliphatic carbocycles. The fraction of sp³-hybridized carbons (Fsp3) is 0.400. The molecule has 0 N–H and O–H groups in total. The average molecular weight is 265 g/mol. The van der Waals surface area contributed by atoms with Crippen molar-refractivity contribution in [3.63, 3.8) is 0 Å². The Balaban J connectivity index is 2.25. The number of rotatable bonds is 3. The molecule has 1 aliphatic rings. The zero-order valence-electron chi connectivity index (χ0n) is 10.7. The zero-order valence-corrected chi connectivity index (χ0v) is 10.7. The van der Waals surface area contributed by atoms with Crippen molar-refractivity contribution in [2.24, 2.45) is 0 Å². The number of carbonyl (C=O) groups excluding carboxylic acids is 1. The van der Waals surface area contributed by atoms with Crippen molar-refractivity contribution in [2.45, 2.75) is 25.2 Å². The molecule has 0 aromatic heterocycles. The second kappa shape index (κ2) is 5.95. The van der Waals surface area contributed by atoms with Gasteiger partial charge in [0.2, 0.25) is 5.91 Å². The Labute approximate surface area is 111 Å². The second-order valence-electron chi connectivity index (χ2n) is 4.82. The summed E-state index contributed by atoms with van der Waals surface area (Å²) in [6, 6.07) is 4.23. The molecule has 1 atom stereocenters. The Morgan fingerprint density at radius 2 is 2.21 bits per heavy atom. The molecule has 1 unspecified atom stereocenters. The molecule has 1 saturated heterocycles. The number of amides is 1. The molecule has 1 fully saturated rings. The summed E-state index contributed by atoms with van der Waals surface area (Å²) in [5, 5.41) is 0. The topological polar surface area (TPSA) is 20.3 Å². The van der Waals surface area contributed by atoms with E-state index in [1.54, 1.807) is 17.0 Å². The van der Waals surface area contributed by atoms with Gasteiger partial charge in [0.1, 0.15) is 0 Å². The number of carbonyl (C=O) groups is 1. The highest BCUT2D eigenvalue weighted by atomic mass is 19.2. The first-order chi connectivity index (χ1) is 9.13. The Morgan fingerprint density at radius 3 is 2.95 bits per heavy atom. The van der Waals surface area contributed by atoms with Gasteiger partial charge in [0.25, 0.3) is 0 Å². The molecule has 102 valence electrons. The Hall–Kier alpha value is -1.71. The summed E-state index contributed by atoms with van der Waals surface area (Å²) in [5.41, 5.74) is 0.365. The van der Waals surface area contributed by atoms with Crippen molar-refractivity contribution in [1.82, 2.24) is 4.90 Å². The SMILES string of the molecule is C=CCN1CC(c2cccc(F)c2F)CCCC1=O. The predicted molar refractivity (Wildman–Crippen MR) is 69.7 cm³/mol. The Bertz CT molecular complexity index is 487. The first-order valence-electron chi connectivity index (χ1n) is 6.46. The maximum absolute atomic E-state index is 13.8. The van der Waals surface area contributed by atoms with Crippen LogP contribution in [0, 0.1) is 11.6 Å². The highest BCUT2D eigenvalue weighted by Gasteiger charge is 2.26. The molecule has 1 aromatic rings. The normalized spacial score (nSPS) is 20.2. The van der Waals surface area contributed by atoms with E-state index < -0.39 is 11.6 Å². The van der Waals surface area contributed by atoms with E-state index in [-0.39, 0.29) is 11.8 Å². The van der Waals surface area contributed by atoms with Gasteiger partial charge in [-0.15, -0.1) is 6.58 Å². The monoisotopic (exact) mass is 265 g/mol. The number of likely N-dealkylation sites (tertiary alicyclic amines) is 1. The van der Waals surface area contributed by atoms with Gasteiger partial charge in [0.15, 0.2) is 11.6 Å². The highest BCUT2D eigenvalue weighted by molar-refractivity contribution is 5.76. The Kier molecular flexibility index (Phi) is 4.30. The molecule has 19 heavy (non-hydrogen) atoms. The van der Waals surface area contributed by atoms with Gasteiger partial charge >= 0.3 is 0 Å². The maximum atomic E-state index is 13.8. The third-order valence-corrected chi connectivity index (χ3v) is 3.51. The lowest BCUT2D eigenvalue weighted by Crippen LogP contribution is -2.32. The van der Waals surface area contributed by atoms with Crippen LogP contribution in [0.1, 0.15) is 30.7 Å². The summed E-state index contributed by atoms with van der Waals surface area (Å²) >= 11 is 0. The van der Waals surface area contributed by atoms with Crippen LogP contribution in [0.3, 0.4) is 0 Å². The molecule has 0 saturated carbocycles. The lowest BCUT2D eigenvalue weighted by molar-refractivity contribution is -0.130. The molecule has 2 nitrogen and oxygen atoms in total. The minimum Gasteiger partial charge on any atom is -0.338 e. The molecule has 0 radical (unpaired) electrons. The van der Waals surface area contributed by atoms with E-state index in [9.17, 15) is 13.6 Å². The molecule has 1 aliphatic heterocycles. The quantitative estimate of drug-likeness (QED) is 0.768. The first kappa shape index (κ1) is 13.7. The van der Waals surface area contributed by atoms with Crippen LogP contribution >= 0.6 is 0 Å². The van der Waals surface area contributed by atoms with Crippen molar-refractivity contribution >= 4 is 5.91 Å². The third-order valence-electron chi connectivity index (χ3n) is 3.51. The Morgan fingerprint density at radius 1 is 1.42 bits per heavy atom. The highest BCUT2D eigenvalue weighted by Crippen LogP contribution is 2.29. The molecular formula is C15H17F2NO. The number of hydrogen-bond acceptors (Lipinski definition) is 1. The summed E-state index contributed by atoms with van der Waals surface area (Å²) in [5.74, 6) is -1.72. The van der Waals surface area contributed by atoms with Gasteiger partial charge in [-0.2, -0.15) is 0 Å². The number of halogens is 2. The molecular weight excluding hydrogens is 248 g/mol.